The summed E-state index contributed by atoms with van der Waals surface area (Å²) in [5.41, 5.74) is 8.39. The number of nitrogens with zero attached hydrogens (tertiary/aromatic N) is 4. The highest BCUT2D eigenvalue weighted by Crippen LogP contribution is 2.52. The van der Waals surface area contributed by atoms with Crippen molar-refractivity contribution in [3.8, 4) is 34.8 Å². The number of carbonyl (C=O) groups is 2. The maximum absolute atomic E-state index is 13.1. The van der Waals surface area contributed by atoms with E-state index in [0.29, 0.717) is 54.1 Å². The van der Waals surface area contributed by atoms with Crippen molar-refractivity contribution >= 4 is 39.6 Å². The van der Waals surface area contributed by atoms with Crippen molar-refractivity contribution in [2.45, 2.75) is 55.8 Å². The SMILES string of the molecule is COc1ncccc1Cc1cnc(CC(=O)C2(c3ccc4c(c3)OCO4)CC2)s1.COc1ncccc1Cc1cnc(N)s1.O=C(O)C1(c2ccc3c(c2)OCO3)CC1. The molecule has 0 radical (unpaired) electrons. The van der Waals surface area contributed by atoms with E-state index < -0.39 is 16.8 Å². The largest absolute Gasteiger partial charge is 0.481 e. The lowest BCUT2D eigenvalue weighted by Gasteiger charge is -2.14. The number of hydrogen-bond acceptors (Lipinski definition) is 15. The molecule has 2 saturated carbocycles. The molecule has 59 heavy (non-hydrogen) atoms. The molecule has 4 aliphatic rings. The van der Waals surface area contributed by atoms with E-state index in [2.05, 4.69) is 19.9 Å². The molecule has 0 spiro atoms. The van der Waals surface area contributed by atoms with Gasteiger partial charge in [0.2, 0.25) is 25.3 Å². The summed E-state index contributed by atoms with van der Waals surface area (Å²) in [7, 11) is 3.24. The molecule has 0 bridgehead atoms. The molecule has 6 heterocycles. The van der Waals surface area contributed by atoms with E-state index in [-0.39, 0.29) is 19.4 Å². The van der Waals surface area contributed by atoms with E-state index in [1.54, 1.807) is 56.3 Å². The first-order valence-electron chi connectivity index (χ1n) is 18.9. The van der Waals surface area contributed by atoms with Gasteiger partial charge in [0.1, 0.15) is 10.8 Å². The number of nitrogens with two attached hydrogens (primary N) is 1. The molecule has 0 saturated heterocycles. The topological polar surface area (TPSA) is 187 Å². The van der Waals surface area contributed by atoms with Gasteiger partial charge in [-0.1, -0.05) is 24.3 Å². The van der Waals surface area contributed by atoms with E-state index >= 15 is 0 Å². The predicted octanol–water partition coefficient (Wildman–Crippen LogP) is 6.96. The second-order valence-electron chi connectivity index (χ2n) is 14.3. The lowest BCUT2D eigenvalue weighted by atomic mass is 9.89. The molecule has 304 valence electrons. The zero-order valence-corrected chi connectivity index (χ0v) is 34.0. The molecular formula is C43H41N5O9S2. The number of hydrogen-bond donors (Lipinski definition) is 2. The van der Waals surface area contributed by atoms with E-state index in [0.717, 1.165) is 67.8 Å². The molecule has 0 unspecified atom stereocenters. The Hall–Kier alpha value is -6.26. The summed E-state index contributed by atoms with van der Waals surface area (Å²) in [5, 5.41) is 10.6. The van der Waals surface area contributed by atoms with Crippen LogP contribution < -0.4 is 34.2 Å². The molecule has 2 aromatic carbocycles. The highest BCUT2D eigenvalue weighted by molar-refractivity contribution is 7.15. The summed E-state index contributed by atoms with van der Waals surface area (Å²) in [5.74, 6) is 3.57. The van der Waals surface area contributed by atoms with Crippen LogP contribution >= 0.6 is 22.7 Å². The van der Waals surface area contributed by atoms with Crippen LogP contribution in [0.25, 0.3) is 0 Å². The number of ketones is 1. The average Bonchev–Trinajstić information content (AvgIpc) is 3.98. The average molecular weight is 836 g/mol. The van der Waals surface area contributed by atoms with E-state index in [4.69, 9.17) is 39.3 Å². The first kappa shape index (κ1) is 39.6. The van der Waals surface area contributed by atoms with Crippen LogP contribution in [0.3, 0.4) is 0 Å². The van der Waals surface area contributed by atoms with Gasteiger partial charge in [-0.2, -0.15) is 0 Å². The van der Waals surface area contributed by atoms with Gasteiger partial charge in [0, 0.05) is 58.5 Å². The van der Waals surface area contributed by atoms with Gasteiger partial charge in [0.15, 0.2) is 28.1 Å². The number of aromatic nitrogens is 4. The number of rotatable bonds is 12. The number of anilines is 1. The molecule has 2 aliphatic carbocycles. The molecule has 4 aromatic heterocycles. The summed E-state index contributed by atoms with van der Waals surface area (Å²) >= 11 is 3.06. The number of Topliss-reactive ketones (excluding diaryl/α,β-unsaturated/α-hetero) is 1. The van der Waals surface area contributed by atoms with E-state index in [1.165, 1.54) is 11.3 Å². The van der Waals surface area contributed by atoms with Gasteiger partial charge in [-0.05, 0) is 73.2 Å². The maximum Gasteiger partial charge on any atom is 0.314 e. The predicted molar refractivity (Wildman–Crippen MR) is 219 cm³/mol. The van der Waals surface area contributed by atoms with Gasteiger partial charge in [0.05, 0.1) is 31.5 Å². The summed E-state index contributed by atoms with van der Waals surface area (Å²) in [6.45, 7) is 0.461. The number of methoxy groups -OCH3 is 2. The second kappa shape index (κ2) is 16.9. The van der Waals surface area contributed by atoms with Crippen molar-refractivity contribution in [3.63, 3.8) is 0 Å². The van der Waals surface area contributed by atoms with E-state index in [9.17, 15) is 9.59 Å². The van der Waals surface area contributed by atoms with Crippen LogP contribution in [0.5, 0.6) is 34.8 Å². The van der Waals surface area contributed by atoms with Crippen LogP contribution in [0.2, 0.25) is 0 Å². The van der Waals surface area contributed by atoms with E-state index in [1.807, 2.05) is 54.7 Å². The minimum atomic E-state index is -0.749. The fourth-order valence-corrected chi connectivity index (χ4v) is 8.73. The summed E-state index contributed by atoms with van der Waals surface area (Å²) in [4.78, 5) is 43.3. The molecule has 0 amide bonds. The number of pyridine rings is 2. The fourth-order valence-electron chi connectivity index (χ4n) is 7.08. The molecule has 6 aromatic rings. The Morgan fingerprint density at radius 3 is 1.69 bits per heavy atom. The van der Waals surface area contributed by atoms with Gasteiger partial charge >= 0.3 is 5.97 Å². The number of thiazole rings is 2. The Kier molecular flexibility index (Phi) is 11.3. The zero-order valence-electron chi connectivity index (χ0n) is 32.3. The molecular weight excluding hydrogens is 795 g/mol. The number of aliphatic carboxylic acids is 1. The normalized spacial score (nSPS) is 15.5. The third-order valence-electron chi connectivity index (χ3n) is 10.6. The summed E-state index contributed by atoms with van der Waals surface area (Å²) in [6, 6.07) is 19.0. The number of carbonyl (C=O) groups excluding carboxylic acids is 1. The van der Waals surface area contributed by atoms with Crippen molar-refractivity contribution < 1.29 is 43.1 Å². The van der Waals surface area contributed by atoms with Crippen molar-refractivity contribution in [1.29, 1.82) is 0 Å². The molecule has 3 N–H and O–H groups in total. The van der Waals surface area contributed by atoms with Crippen LogP contribution in [0.15, 0.2) is 85.5 Å². The van der Waals surface area contributed by atoms with Crippen LogP contribution in [0.4, 0.5) is 5.13 Å². The zero-order chi connectivity index (χ0) is 41.0. The Balaban J connectivity index is 0.000000136. The van der Waals surface area contributed by atoms with Gasteiger partial charge < -0.3 is 39.3 Å². The van der Waals surface area contributed by atoms with Gasteiger partial charge in [-0.25, -0.2) is 19.9 Å². The maximum atomic E-state index is 13.1. The minimum absolute atomic E-state index is 0.219. The van der Waals surface area contributed by atoms with Crippen molar-refractivity contribution in [1.82, 2.24) is 19.9 Å². The molecule has 10 rings (SSSR count). The quantitative estimate of drug-likeness (QED) is 0.129. The van der Waals surface area contributed by atoms with Crippen LogP contribution in [-0.4, -0.2) is 64.6 Å². The number of carboxylic acids is 1. The van der Waals surface area contributed by atoms with Crippen LogP contribution in [0, 0.1) is 0 Å². The minimum Gasteiger partial charge on any atom is -0.481 e. The molecule has 0 atom stereocenters. The molecule has 14 nitrogen and oxygen atoms in total. The second-order valence-corrected chi connectivity index (χ2v) is 16.6. The lowest BCUT2D eigenvalue weighted by Crippen LogP contribution is -2.22. The van der Waals surface area contributed by atoms with Crippen LogP contribution in [-0.2, 0) is 39.7 Å². The Labute approximate surface area is 347 Å². The van der Waals surface area contributed by atoms with Gasteiger partial charge in [-0.3, -0.25) is 9.59 Å². The van der Waals surface area contributed by atoms with Crippen molar-refractivity contribution in [2.24, 2.45) is 0 Å². The Morgan fingerprint density at radius 1 is 0.695 bits per heavy atom. The number of benzene rings is 2. The highest BCUT2D eigenvalue weighted by atomic mass is 32.1. The standard InChI is InChI=1S/C22H20N2O4S.C11H10O4.C10H11N3OS/c1-26-21-14(3-2-8-23-21)9-16-12-24-20(29-16)11-19(25)22(6-7-22)15-4-5-17-18(10-15)28-13-27-17;12-10(13)11(3-4-11)7-1-2-8-9(5-7)15-6-14-8;1-14-9-7(3-2-4-12-9)5-8-6-13-10(11)15-8/h2-5,8,10,12H,6-7,9,11,13H2,1H3;1-2,5H,3-4,6H2,(H,12,13);2-4,6H,5H2,1H3,(H2,11,13). The van der Waals surface area contributed by atoms with Crippen molar-refractivity contribution in [2.75, 3.05) is 33.5 Å². The van der Waals surface area contributed by atoms with Gasteiger partial charge in [0.25, 0.3) is 0 Å². The van der Waals surface area contributed by atoms with Crippen LogP contribution in [0.1, 0.15) is 62.7 Å². The highest BCUT2D eigenvalue weighted by Gasteiger charge is 2.52. The lowest BCUT2D eigenvalue weighted by molar-refractivity contribution is -0.140. The summed E-state index contributed by atoms with van der Waals surface area (Å²) in [6.07, 6.45) is 12.0. The van der Waals surface area contributed by atoms with Gasteiger partial charge in [-0.15, -0.1) is 22.7 Å². The number of nitrogen functional groups attached to an aromatic ring is 1. The smallest absolute Gasteiger partial charge is 0.314 e. The molecule has 16 heteroatoms. The third kappa shape index (κ3) is 8.64. The monoisotopic (exact) mass is 835 g/mol. The number of ether oxygens (including phenoxy) is 6. The third-order valence-corrected chi connectivity index (χ3v) is 12.4. The Morgan fingerprint density at radius 2 is 1.20 bits per heavy atom. The number of fused-ring (bicyclic) bond motifs is 2. The molecule has 2 aliphatic heterocycles. The number of carboxylic acid groups (broad SMARTS) is 1. The summed E-state index contributed by atoms with van der Waals surface area (Å²) < 4.78 is 31.8. The Bertz CT molecular complexity index is 2480. The first-order chi connectivity index (χ1) is 28.7. The first-order valence-corrected chi connectivity index (χ1v) is 20.5. The fraction of sp³-hybridized carbons (Fsp3) is 0.302. The molecule has 2 fully saturated rings. The van der Waals surface area contributed by atoms with Crippen molar-refractivity contribution in [3.05, 3.63) is 122 Å².